The first-order valence-corrected chi connectivity index (χ1v) is 6.31. The number of hydrogen-bond acceptors (Lipinski definition) is 2. The van der Waals surface area contributed by atoms with Crippen LogP contribution < -0.4 is 5.73 Å². The number of piperidine rings is 1. The quantitative estimate of drug-likeness (QED) is 0.565. The van der Waals surface area contributed by atoms with Crippen molar-refractivity contribution >= 4 is 5.84 Å². The summed E-state index contributed by atoms with van der Waals surface area (Å²) in [6, 6.07) is 0.378. The van der Waals surface area contributed by atoms with Gasteiger partial charge in [0.2, 0.25) is 0 Å². The molecule has 0 aromatic heterocycles. The Bertz CT molecular complexity index is 227. The zero-order chi connectivity index (χ0) is 10.7. The molecule has 0 amide bonds. The van der Waals surface area contributed by atoms with E-state index in [1.54, 1.807) is 0 Å². The Hall–Kier alpha value is -0.570. The van der Waals surface area contributed by atoms with Gasteiger partial charge in [0, 0.05) is 12.5 Å². The van der Waals surface area contributed by atoms with E-state index in [2.05, 4.69) is 16.8 Å². The molecule has 3 heteroatoms. The summed E-state index contributed by atoms with van der Waals surface area (Å²) >= 11 is 0. The number of amidine groups is 1. The molecule has 0 radical (unpaired) electrons. The number of nitrogens with two attached hydrogens (primary N) is 1. The van der Waals surface area contributed by atoms with Gasteiger partial charge in [0.1, 0.15) is 0 Å². The van der Waals surface area contributed by atoms with E-state index in [0.29, 0.717) is 12.0 Å². The molecule has 0 bridgehead atoms. The first-order chi connectivity index (χ1) is 7.25. The van der Waals surface area contributed by atoms with Crippen LogP contribution in [-0.2, 0) is 0 Å². The molecule has 2 N–H and O–H groups in total. The van der Waals surface area contributed by atoms with Gasteiger partial charge in [-0.1, -0.05) is 6.42 Å². The maximum Gasteiger partial charge on any atom is 0.0972 e. The summed E-state index contributed by atoms with van der Waals surface area (Å²) in [6.07, 6.45) is 6.62. The Morgan fingerprint density at radius 2 is 2.00 bits per heavy atom. The molecule has 2 fully saturated rings. The lowest BCUT2D eigenvalue weighted by Gasteiger charge is -2.27. The maximum atomic E-state index is 5.92. The molecule has 1 aliphatic heterocycles. The lowest BCUT2D eigenvalue weighted by Crippen LogP contribution is -2.35. The topological polar surface area (TPSA) is 41.6 Å². The predicted octanol–water partition coefficient (Wildman–Crippen LogP) is 1.63. The van der Waals surface area contributed by atoms with Crippen molar-refractivity contribution in [2.75, 3.05) is 19.6 Å². The van der Waals surface area contributed by atoms with Crippen LogP contribution in [0.2, 0.25) is 0 Å². The number of hydrogen-bond donors (Lipinski definition) is 1. The van der Waals surface area contributed by atoms with Gasteiger partial charge in [-0.05, 0) is 45.7 Å². The van der Waals surface area contributed by atoms with Crippen LogP contribution in [0.5, 0.6) is 0 Å². The zero-order valence-corrected chi connectivity index (χ0v) is 9.78. The normalized spacial score (nSPS) is 26.6. The molecule has 2 aliphatic rings. The van der Waals surface area contributed by atoms with Crippen molar-refractivity contribution in [2.24, 2.45) is 16.6 Å². The van der Waals surface area contributed by atoms with Crippen molar-refractivity contribution in [2.45, 2.75) is 45.1 Å². The molecule has 0 aromatic carbocycles. The van der Waals surface area contributed by atoms with Crippen molar-refractivity contribution in [3.8, 4) is 0 Å². The zero-order valence-electron chi connectivity index (χ0n) is 9.78. The van der Waals surface area contributed by atoms with E-state index in [1.165, 1.54) is 45.2 Å². The second kappa shape index (κ2) is 4.97. The highest BCUT2D eigenvalue weighted by Gasteiger charge is 2.26. The monoisotopic (exact) mass is 209 g/mol. The van der Waals surface area contributed by atoms with Gasteiger partial charge < -0.3 is 10.6 Å². The fraction of sp³-hybridized carbons (Fsp3) is 0.917. The van der Waals surface area contributed by atoms with Gasteiger partial charge in [0.25, 0.3) is 0 Å². The van der Waals surface area contributed by atoms with Crippen LogP contribution >= 0.6 is 0 Å². The van der Waals surface area contributed by atoms with Gasteiger partial charge in [0.05, 0.1) is 11.9 Å². The molecule has 86 valence electrons. The molecule has 1 aliphatic carbocycles. The molecule has 0 spiro atoms. The Kier molecular flexibility index (Phi) is 3.62. The van der Waals surface area contributed by atoms with E-state index >= 15 is 0 Å². The highest BCUT2D eigenvalue weighted by Crippen LogP contribution is 2.29. The summed E-state index contributed by atoms with van der Waals surface area (Å²) in [6.45, 7) is 5.78. The van der Waals surface area contributed by atoms with Crippen molar-refractivity contribution in [3.63, 3.8) is 0 Å². The molecule has 0 aromatic rings. The molecule has 2 rings (SSSR count). The smallest absolute Gasteiger partial charge is 0.0972 e. The van der Waals surface area contributed by atoms with Gasteiger partial charge in [-0.15, -0.1) is 0 Å². The minimum Gasteiger partial charge on any atom is -0.387 e. The van der Waals surface area contributed by atoms with E-state index in [1.807, 2.05) is 0 Å². The fourth-order valence-electron chi connectivity index (χ4n) is 2.30. The molecular formula is C12H23N3. The fourth-order valence-corrected chi connectivity index (χ4v) is 2.30. The summed E-state index contributed by atoms with van der Waals surface area (Å²) in [7, 11) is 0. The highest BCUT2D eigenvalue weighted by atomic mass is 15.1. The van der Waals surface area contributed by atoms with Crippen LogP contribution in [0.15, 0.2) is 4.99 Å². The van der Waals surface area contributed by atoms with Crippen LogP contribution in [0.1, 0.15) is 39.0 Å². The lowest BCUT2D eigenvalue weighted by atomic mass is 10.1. The average Bonchev–Trinajstić information content (AvgIpc) is 3.01. The van der Waals surface area contributed by atoms with Gasteiger partial charge >= 0.3 is 0 Å². The van der Waals surface area contributed by atoms with Crippen LogP contribution in [0, 0.1) is 5.92 Å². The summed E-state index contributed by atoms with van der Waals surface area (Å²) in [4.78, 5) is 7.11. The first-order valence-electron chi connectivity index (χ1n) is 6.31. The number of aliphatic imine (C=N–C) groups is 1. The van der Waals surface area contributed by atoms with Crippen LogP contribution in [0.25, 0.3) is 0 Å². The highest BCUT2D eigenvalue weighted by molar-refractivity contribution is 5.85. The minimum absolute atomic E-state index is 0.378. The van der Waals surface area contributed by atoms with E-state index in [4.69, 9.17) is 5.73 Å². The number of likely N-dealkylation sites (tertiary alicyclic amines) is 1. The standard InChI is InChI=1S/C12H23N3/c1-10(14-12(13)11-5-6-11)9-15-7-3-2-4-8-15/h10-11H,2-9H2,1H3,(H2,13,14). The second-order valence-electron chi connectivity index (χ2n) is 5.04. The van der Waals surface area contributed by atoms with Crippen LogP contribution in [0.4, 0.5) is 0 Å². The van der Waals surface area contributed by atoms with Gasteiger partial charge in [-0.2, -0.15) is 0 Å². The third kappa shape index (κ3) is 3.49. The van der Waals surface area contributed by atoms with Crippen LogP contribution in [0.3, 0.4) is 0 Å². The summed E-state index contributed by atoms with van der Waals surface area (Å²) in [5, 5.41) is 0. The van der Waals surface area contributed by atoms with E-state index in [-0.39, 0.29) is 0 Å². The van der Waals surface area contributed by atoms with Crippen molar-refractivity contribution in [3.05, 3.63) is 0 Å². The lowest BCUT2D eigenvalue weighted by molar-refractivity contribution is 0.220. The minimum atomic E-state index is 0.378. The second-order valence-corrected chi connectivity index (χ2v) is 5.04. The van der Waals surface area contributed by atoms with Gasteiger partial charge in [0.15, 0.2) is 0 Å². The predicted molar refractivity (Wildman–Crippen MR) is 64.1 cm³/mol. The SMILES string of the molecule is CC(CN1CCCCC1)N=C(N)C1CC1. The Balaban J connectivity index is 1.75. The van der Waals surface area contributed by atoms with Crippen molar-refractivity contribution < 1.29 is 0 Å². The van der Waals surface area contributed by atoms with E-state index in [0.717, 1.165) is 12.4 Å². The van der Waals surface area contributed by atoms with E-state index < -0.39 is 0 Å². The summed E-state index contributed by atoms with van der Waals surface area (Å²) < 4.78 is 0. The molecule has 1 heterocycles. The summed E-state index contributed by atoms with van der Waals surface area (Å²) in [5.74, 6) is 1.52. The van der Waals surface area contributed by atoms with Gasteiger partial charge in [-0.3, -0.25) is 4.99 Å². The van der Waals surface area contributed by atoms with Crippen molar-refractivity contribution in [1.29, 1.82) is 0 Å². The number of nitrogens with zero attached hydrogens (tertiary/aromatic N) is 2. The van der Waals surface area contributed by atoms with Crippen molar-refractivity contribution in [1.82, 2.24) is 4.90 Å². The number of rotatable bonds is 4. The third-order valence-electron chi connectivity index (χ3n) is 3.34. The average molecular weight is 209 g/mol. The first kappa shape index (κ1) is 10.9. The largest absolute Gasteiger partial charge is 0.387 e. The van der Waals surface area contributed by atoms with E-state index in [9.17, 15) is 0 Å². The molecular weight excluding hydrogens is 186 g/mol. The molecule has 15 heavy (non-hydrogen) atoms. The Morgan fingerprint density at radius 3 is 2.60 bits per heavy atom. The maximum absolute atomic E-state index is 5.92. The molecule has 1 saturated heterocycles. The molecule has 1 atom stereocenters. The molecule has 1 unspecified atom stereocenters. The van der Waals surface area contributed by atoms with Gasteiger partial charge in [-0.25, -0.2) is 0 Å². The molecule has 1 saturated carbocycles. The summed E-state index contributed by atoms with van der Waals surface area (Å²) in [5.41, 5.74) is 5.92. The van der Waals surface area contributed by atoms with Crippen LogP contribution in [-0.4, -0.2) is 36.4 Å². The Labute approximate surface area is 92.7 Å². The third-order valence-corrected chi connectivity index (χ3v) is 3.34. The molecule has 3 nitrogen and oxygen atoms in total. The Morgan fingerprint density at radius 1 is 1.33 bits per heavy atom.